The molecule has 1 aromatic rings. The van der Waals surface area contributed by atoms with Crippen LogP contribution < -0.4 is 9.05 Å². The maximum absolute atomic E-state index is 9.03. The predicted molar refractivity (Wildman–Crippen MR) is 65.8 cm³/mol. The Morgan fingerprint density at radius 2 is 2.00 bits per heavy atom. The molecule has 0 saturated carbocycles. The predicted octanol–water partition coefficient (Wildman–Crippen LogP) is 2.12. The second-order valence-electron chi connectivity index (χ2n) is 2.29. The summed E-state index contributed by atoms with van der Waals surface area (Å²) in [5.41, 5.74) is 0.790. The number of benzene rings is 1. The maximum Gasteiger partial charge on any atom is 0.139 e. The lowest BCUT2D eigenvalue weighted by molar-refractivity contribution is 0.280. The molecule has 0 aliphatic heterocycles. The third kappa shape index (κ3) is 2.66. The Morgan fingerprint density at radius 1 is 1.31 bits per heavy atom. The lowest BCUT2D eigenvalue weighted by atomic mass is 10.2. The van der Waals surface area contributed by atoms with Crippen LogP contribution in [0.2, 0.25) is 0 Å². The molecule has 2 unspecified atom stereocenters. The van der Waals surface area contributed by atoms with E-state index in [1.54, 1.807) is 12.1 Å². The zero-order valence-corrected chi connectivity index (χ0v) is 11.1. The molecule has 0 aromatic heterocycles. The van der Waals surface area contributed by atoms with Crippen LogP contribution >= 0.6 is 41.5 Å². The Morgan fingerprint density at radius 3 is 2.46 bits per heavy atom. The summed E-state index contributed by atoms with van der Waals surface area (Å²) in [7, 11) is 4.31. The van der Waals surface area contributed by atoms with Crippen LogP contribution in [0.4, 0.5) is 0 Å². The Bertz CT molecular complexity index is 281. The highest BCUT2D eigenvalue weighted by atomic mass is 127. The highest BCUT2D eigenvalue weighted by Crippen LogP contribution is 2.32. The Kier molecular flexibility index (Phi) is 4.67. The number of aliphatic hydroxyl groups excluding tert-OH is 1. The molecule has 2 atom stereocenters. The lowest BCUT2D eigenvalue weighted by Gasteiger charge is -2.09. The zero-order chi connectivity index (χ0) is 9.84. The van der Waals surface area contributed by atoms with E-state index < -0.39 is 0 Å². The maximum atomic E-state index is 9.03. The van der Waals surface area contributed by atoms with Crippen LogP contribution in [-0.4, -0.2) is 5.11 Å². The highest BCUT2D eigenvalue weighted by molar-refractivity contribution is 14.1. The second kappa shape index (κ2) is 5.30. The van der Waals surface area contributed by atoms with Crippen LogP contribution in [0.3, 0.4) is 0 Å². The van der Waals surface area contributed by atoms with Gasteiger partial charge in [-0.05, 0) is 34.2 Å². The number of rotatable bonds is 3. The fourth-order valence-corrected chi connectivity index (χ4v) is 2.07. The molecule has 0 aliphatic rings. The normalized spacial score (nSPS) is 9.85. The number of hydrogen-bond donors (Lipinski definition) is 1. The van der Waals surface area contributed by atoms with E-state index in [9.17, 15) is 0 Å². The summed E-state index contributed by atoms with van der Waals surface area (Å²) in [6, 6.07) is 3.52. The van der Waals surface area contributed by atoms with Crippen LogP contribution in [0.15, 0.2) is 12.1 Å². The number of aliphatic hydroxyl groups is 1. The van der Waals surface area contributed by atoms with Crippen molar-refractivity contribution in [1.29, 1.82) is 0 Å². The summed E-state index contributed by atoms with van der Waals surface area (Å²) in [4.78, 5) is 0. The number of hydrogen-bond acceptors (Lipinski definition) is 3. The fourth-order valence-electron chi connectivity index (χ4n) is 0.896. The SMILES string of the molecule is OCc1cc(OP)cc(OP)c1I. The molecule has 0 bridgehead atoms. The largest absolute Gasteiger partial charge is 0.480 e. The van der Waals surface area contributed by atoms with Gasteiger partial charge in [-0.2, -0.15) is 0 Å². The van der Waals surface area contributed by atoms with Crippen LogP contribution in [0.5, 0.6) is 11.5 Å². The van der Waals surface area contributed by atoms with Gasteiger partial charge < -0.3 is 14.2 Å². The molecule has 0 spiro atoms. The van der Waals surface area contributed by atoms with E-state index in [1.165, 1.54) is 0 Å². The molecule has 1 rings (SSSR count). The quantitative estimate of drug-likeness (QED) is 0.682. The van der Waals surface area contributed by atoms with E-state index in [0.717, 1.165) is 9.13 Å². The van der Waals surface area contributed by atoms with Crippen LogP contribution in [0.1, 0.15) is 5.56 Å². The fraction of sp³-hybridized carbons (Fsp3) is 0.143. The molecule has 1 aromatic carbocycles. The van der Waals surface area contributed by atoms with Gasteiger partial charge in [-0.3, -0.25) is 0 Å². The highest BCUT2D eigenvalue weighted by Gasteiger charge is 2.08. The smallest absolute Gasteiger partial charge is 0.139 e. The number of halogens is 1. The summed E-state index contributed by atoms with van der Waals surface area (Å²) < 4.78 is 10.9. The van der Waals surface area contributed by atoms with Gasteiger partial charge in [-0.1, -0.05) is 0 Å². The first-order valence-electron chi connectivity index (χ1n) is 3.39. The van der Waals surface area contributed by atoms with Crippen LogP contribution in [0, 0.1) is 3.57 Å². The first kappa shape index (κ1) is 11.4. The summed E-state index contributed by atoms with van der Waals surface area (Å²) in [6.45, 7) is -0.0266. The monoisotopic (exact) mass is 330 g/mol. The van der Waals surface area contributed by atoms with Gasteiger partial charge >= 0.3 is 0 Å². The van der Waals surface area contributed by atoms with Crippen molar-refractivity contribution in [2.24, 2.45) is 0 Å². The standard InChI is InChI=1S/C7H9IO3P2/c8-7-4(3-9)1-5(10-12)2-6(7)11-13/h1-2,9H,3,12-13H2. The van der Waals surface area contributed by atoms with Crippen LogP contribution in [-0.2, 0) is 6.61 Å². The molecule has 0 fully saturated rings. The minimum absolute atomic E-state index is 0.0266. The topological polar surface area (TPSA) is 38.7 Å². The van der Waals surface area contributed by atoms with Gasteiger partial charge in [0.25, 0.3) is 0 Å². The van der Waals surface area contributed by atoms with Crippen molar-refractivity contribution in [2.45, 2.75) is 6.61 Å². The van der Waals surface area contributed by atoms with Gasteiger partial charge in [0.05, 0.1) is 29.1 Å². The van der Waals surface area contributed by atoms with Crippen molar-refractivity contribution in [2.75, 3.05) is 0 Å². The molecule has 0 amide bonds. The van der Waals surface area contributed by atoms with Crippen molar-refractivity contribution in [3.8, 4) is 11.5 Å². The molecule has 0 radical (unpaired) electrons. The molecule has 3 nitrogen and oxygen atoms in total. The molecule has 1 N–H and O–H groups in total. The van der Waals surface area contributed by atoms with Crippen molar-refractivity contribution >= 4 is 41.5 Å². The van der Waals surface area contributed by atoms with Crippen molar-refractivity contribution in [3.63, 3.8) is 0 Å². The summed E-state index contributed by atoms with van der Waals surface area (Å²) >= 11 is 2.11. The van der Waals surface area contributed by atoms with E-state index >= 15 is 0 Å². The first-order valence-corrected chi connectivity index (χ1v) is 5.41. The Labute approximate surface area is 94.9 Å². The van der Waals surface area contributed by atoms with Gasteiger partial charge in [-0.25, -0.2) is 0 Å². The van der Waals surface area contributed by atoms with Crippen molar-refractivity contribution in [1.82, 2.24) is 0 Å². The van der Waals surface area contributed by atoms with E-state index in [2.05, 4.69) is 41.5 Å². The molecule has 13 heavy (non-hydrogen) atoms. The second-order valence-corrected chi connectivity index (χ2v) is 3.84. The minimum Gasteiger partial charge on any atom is -0.480 e. The van der Waals surface area contributed by atoms with Crippen molar-refractivity contribution < 1.29 is 14.2 Å². The lowest BCUT2D eigenvalue weighted by Crippen LogP contribution is -1.92. The zero-order valence-electron chi connectivity index (χ0n) is 6.66. The summed E-state index contributed by atoms with van der Waals surface area (Å²) in [5, 5.41) is 9.03. The molecule has 72 valence electrons. The van der Waals surface area contributed by atoms with E-state index in [4.69, 9.17) is 14.2 Å². The van der Waals surface area contributed by atoms with Gasteiger partial charge in [0.2, 0.25) is 0 Å². The minimum atomic E-state index is -0.0266. The average Bonchev–Trinajstić information content (AvgIpc) is 2.18. The van der Waals surface area contributed by atoms with E-state index in [1.807, 2.05) is 0 Å². The summed E-state index contributed by atoms with van der Waals surface area (Å²) in [6.07, 6.45) is 0. The Balaban J connectivity index is 3.20. The molecular weight excluding hydrogens is 321 g/mol. The van der Waals surface area contributed by atoms with E-state index in [-0.39, 0.29) is 6.61 Å². The van der Waals surface area contributed by atoms with Gasteiger partial charge in [0, 0.05) is 6.07 Å². The average molecular weight is 330 g/mol. The Hall–Kier alpha value is 0.370. The molecule has 0 heterocycles. The van der Waals surface area contributed by atoms with Gasteiger partial charge in [0.1, 0.15) is 11.5 Å². The van der Waals surface area contributed by atoms with Gasteiger partial charge in [0.15, 0.2) is 0 Å². The van der Waals surface area contributed by atoms with E-state index in [0.29, 0.717) is 11.5 Å². The molecule has 0 saturated heterocycles. The third-order valence-electron chi connectivity index (χ3n) is 1.52. The first-order chi connectivity index (χ1) is 6.22. The van der Waals surface area contributed by atoms with Gasteiger partial charge in [-0.15, -0.1) is 0 Å². The van der Waals surface area contributed by atoms with Crippen molar-refractivity contribution in [3.05, 3.63) is 21.3 Å². The van der Waals surface area contributed by atoms with Crippen LogP contribution in [0.25, 0.3) is 0 Å². The molecule has 6 heteroatoms. The molecular formula is C7H9IO3P2. The molecule has 0 aliphatic carbocycles. The third-order valence-corrected chi connectivity index (χ3v) is 3.27. The summed E-state index contributed by atoms with van der Waals surface area (Å²) in [5.74, 6) is 1.32.